The van der Waals surface area contributed by atoms with Crippen LogP contribution in [0.3, 0.4) is 0 Å². The van der Waals surface area contributed by atoms with Crippen LogP contribution >= 0.6 is 0 Å². The van der Waals surface area contributed by atoms with Gasteiger partial charge in [-0.05, 0) is 6.07 Å². The van der Waals surface area contributed by atoms with Gasteiger partial charge in [0.05, 0.1) is 0 Å². The lowest BCUT2D eigenvalue weighted by molar-refractivity contribution is 0.586. The Kier molecular flexibility index (Phi) is 1.55. The summed E-state index contributed by atoms with van der Waals surface area (Å²) in [6.45, 7) is 0. The minimum atomic E-state index is -0.295. The highest BCUT2D eigenvalue weighted by molar-refractivity contribution is 5.45. The maximum Gasteiger partial charge on any atom is 0.313 e. The first-order valence-corrected chi connectivity index (χ1v) is 3.41. The number of anilines is 1. The van der Waals surface area contributed by atoms with Gasteiger partial charge in [-0.2, -0.15) is 5.10 Å². The molecule has 66 valence electrons. The Morgan fingerprint density at radius 2 is 2.23 bits per heavy atom. The predicted molar refractivity (Wildman–Crippen MR) is 42.6 cm³/mol. The van der Waals surface area contributed by atoms with Crippen LogP contribution in [0.5, 0.6) is 0 Å². The Labute approximate surface area is 71.6 Å². The minimum absolute atomic E-state index is 0.0389. The van der Waals surface area contributed by atoms with Crippen LogP contribution in [0.1, 0.15) is 0 Å². The monoisotopic (exact) mass is 179 g/mol. The largest absolute Gasteiger partial charge is 0.402 e. The van der Waals surface area contributed by atoms with Crippen molar-refractivity contribution in [1.82, 2.24) is 20.4 Å². The molecule has 0 amide bonds. The Hall–Kier alpha value is -2.18. The van der Waals surface area contributed by atoms with Gasteiger partial charge in [-0.3, -0.25) is 4.79 Å². The van der Waals surface area contributed by atoms with E-state index in [1.54, 1.807) is 0 Å². The third-order valence-corrected chi connectivity index (χ3v) is 1.34. The number of aromatic amines is 1. The van der Waals surface area contributed by atoms with E-state index in [-0.39, 0.29) is 17.5 Å². The molecule has 2 aromatic heterocycles. The Balaban J connectivity index is 2.47. The fourth-order valence-corrected chi connectivity index (χ4v) is 0.802. The molecule has 0 aliphatic rings. The summed E-state index contributed by atoms with van der Waals surface area (Å²) in [4.78, 5) is 10.6. The first-order valence-electron chi connectivity index (χ1n) is 3.41. The molecule has 2 aromatic rings. The quantitative estimate of drug-likeness (QED) is 0.604. The number of rotatable bonds is 1. The van der Waals surface area contributed by atoms with Crippen LogP contribution < -0.4 is 11.3 Å². The van der Waals surface area contributed by atoms with Crippen LogP contribution in [0.2, 0.25) is 0 Å². The number of nitrogens with two attached hydrogens (primary N) is 1. The molecule has 0 aromatic carbocycles. The number of aromatic nitrogens is 4. The molecule has 13 heavy (non-hydrogen) atoms. The van der Waals surface area contributed by atoms with Crippen LogP contribution in [-0.2, 0) is 0 Å². The summed E-state index contributed by atoms with van der Waals surface area (Å²) in [5.74, 6) is 0.175. The average Bonchev–Trinajstić information content (AvgIpc) is 2.53. The summed E-state index contributed by atoms with van der Waals surface area (Å²) in [5.41, 5.74) is 5.29. The van der Waals surface area contributed by atoms with Crippen molar-refractivity contribution in [2.45, 2.75) is 0 Å². The lowest BCUT2D eigenvalue weighted by atomic mass is 10.4. The molecule has 0 saturated heterocycles. The molecule has 0 radical (unpaired) electrons. The number of nitrogens with one attached hydrogen (secondary N) is 1. The summed E-state index contributed by atoms with van der Waals surface area (Å²) < 4.78 is 4.88. The molecule has 0 atom stereocenters. The van der Waals surface area contributed by atoms with Crippen LogP contribution in [-0.4, -0.2) is 20.4 Å². The number of nitrogens with zero attached hydrogens (tertiary/aromatic N) is 3. The first-order chi connectivity index (χ1) is 6.25. The predicted octanol–water partition coefficient (Wildman–Crippen LogP) is -0.598. The molecular formula is C6H5N5O2. The number of hydrogen-bond donors (Lipinski definition) is 2. The van der Waals surface area contributed by atoms with Crippen molar-refractivity contribution in [2.75, 3.05) is 5.73 Å². The van der Waals surface area contributed by atoms with Crippen LogP contribution in [0.4, 0.5) is 6.01 Å². The maximum absolute atomic E-state index is 10.6. The second-order valence-corrected chi connectivity index (χ2v) is 2.25. The highest BCUT2D eigenvalue weighted by Crippen LogP contribution is 2.12. The van der Waals surface area contributed by atoms with Crippen molar-refractivity contribution in [3.63, 3.8) is 0 Å². The van der Waals surface area contributed by atoms with E-state index < -0.39 is 0 Å². The smallest absolute Gasteiger partial charge is 0.313 e. The maximum atomic E-state index is 10.6. The fraction of sp³-hybridized carbons (Fsp3) is 0. The second kappa shape index (κ2) is 2.70. The van der Waals surface area contributed by atoms with Gasteiger partial charge < -0.3 is 10.2 Å². The van der Waals surface area contributed by atoms with Crippen LogP contribution in [0.15, 0.2) is 21.3 Å². The number of hydrogen-bond acceptors (Lipinski definition) is 6. The molecule has 0 fully saturated rings. The standard InChI is InChI=1S/C6H5N5O2/c7-6-11-10-5(13-6)3-1-2-4(12)9-8-3/h1-2H,(H2,7,11)(H,9,12). The van der Waals surface area contributed by atoms with Crippen molar-refractivity contribution in [1.29, 1.82) is 0 Å². The third-order valence-electron chi connectivity index (χ3n) is 1.34. The molecule has 0 bridgehead atoms. The van der Waals surface area contributed by atoms with Gasteiger partial charge in [-0.1, -0.05) is 5.10 Å². The third kappa shape index (κ3) is 1.39. The Morgan fingerprint density at radius 3 is 2.77 bits per heavy atom. The van der Waals surface area contributed by atoms with Gasteiger partial charge in [0.1, 0.15) is 5.69 Å². The molecule has 2 heterocycles. The van der Waals surface area contributed by atoms with Crippen molar-refractivity contribution >= 4 is 6.01 Å². The highest BCUT2D eigenvalue weighted by atomic mass is 16.4. The number of nitrogen functional groups attached to an aromatic ring is 1. The SMILES string of the molecule is Nc1nnc(-c2ccc(=O)[nH]n2)o1. The van der Waals surface area contributed by atoms with E-state index in [9.17, 15) is 4.79 Å². The van der Waals surface area contributed by atoms with Gasteiger partial charge in [0.2, 0.25) is 0 Å². The normalized spacial score (nSPS) is 10.2. The molecular weight excluding hydrogens is 174 g/mol. The average molecular weight is 179 g/mol. The first kappa shape index (κ1) is 7.47. The van der Waals surface area contributed by atoms with Crippen LogP contribution in [0.25, 0.3) is 11.6 Å². The Morgan fingerprint density at radius 1 is 1.38 bits per heavy atom. The molecule has 2 rings (SSSR count). The molecule has 0 unspecified atom stereocenters. The summed E-state index contributed by atoms with van der Waals surface area (Å²) in [6.07, 6.45) is 0. The van der Waals surface area contributed by atoms with E-state index >= 15 is 0 Å². The van der Waals surface area contributed by atoms with Crippen molar-refractivity contribution < 1.29 is 4.42 Å². The molecule has 7 heteroatoms. The van der Waals surface area contributed by atoms with Crippen molar-refractivity contribution in [3.8, 4) is 11.6 Å². The lowest BCUT2D eigenvalue weighted by Crippen LogP contribution is -2.05. The second-order valence-electron chi connectivity index (χ2n) is 2.25. The van der Waals surface area contributed by atoms with Gasteiger partial charge in [0.15, 0.2) is 0 Å². The van der Waals surface area contributed by atoms with Gasteiger partial charge in [-0.15, -0.1) is 5.10 Å². The van der Waals surface area contributed by atoms with E-state index in [1.165, 1.54) is 12.1 Å². The molecule has 0 aliphatic carbocycles. The zero-order valence-electron chi connectivity index (χ0n) is 6.39. The summed E-state index contributed by atoms with van der Waals surface area (Å²) in [5, 5.41) is 12.9. The minimum Gasteiger partial charge on any atom is -0.402 e. The van der Waals surface area contributed by atoms with Gasteiger partial charge in [0.25, 0.3) is 11.4 Å². The molecule has 0 spiro atoms. The molecule has 3 N–H and O–H groups in total. The van der Waals surface area contributed by atoms with E-state index in [4.69, 9.17) is 10.2 Å². The zero-order valence-corrected chi connectivity index (χ0v) is 6.39. The summed E-state index contributed by atoms with van der Waals surface area (Å²) in [7, 11) is 0. The molecule has 7 nitrogen and oxygen atoms in total. The fourth-order valence-electron chi connectivity index (χ4n) is 0.802. The molecule has 0 saturated carbocycles. The topological polar surface area (TPSA) is 111 Å². The highest BCUT2D eigenvalue weighted by Gasteiger charge is 2.06. The van der Waals surface area contributed by atoms with E-state index in [0.29, 0.717) is 5.69 Å². The Bertz CT molecular complexity index is 453. The molecule has 0 aliphatic heterocycles. The van der Waals surface area contributed by atoms with E-state index in [2.05, 4.69) is 20.4 Å². The summed E-state index contributed by atoms with van der Waals surface area (Å²) >= 11 is 0. The van der Waals surface area contributed by atoms with Crippen molar-refractivity contribution in [2.24, 2.45) is 0 Å². The lowest BCUT2D eigenvalue weighted by Gasteiger charge is -1.89. The zero-order chi connectivity index (χ0) is 9.26. The van der Waals surface area contributed by atoms with E-state index in [1.807, 2.05) is 0 Å². The van der Waals surface area contributed by atoms with Gasteiger partial charge in [-0.25, -0.2) is 5.10 Å². The summed E-state index contributed by atoms with van der Waals surface area (Å²) in [6, 6.07) is 2.73. The van der Waals surface area contributed by atoms with Crippen molar-refractivity contribution in [3.05, 3.63) is 22.5 Å². The number of H-pyrrole nitrogens is 1. The van der Waals surface area contributed by atoms with Crippen LogP contribution in [0, 0.1) is 0 Å². The van der Waals surface area contributed by atoms with E-state index in [0.717, 1.165) is 0 Å². The van der Waals surface area contributed by atoms with Gasteiger partial charge >= 0.3 is 6.01 Å². The van der Waals surface area contributed by atoms with Gasteiger partial charge in [0, 0.05) is 6.07 Å².